The van der Waals surface area contributed by atoms with Crippen LogP contribution >= 0.6 is 0 Å². The molecule has 14 heavy (non-hydrogen) atoms. The number of hydrogen-bond acceptors (Lipinski definition) is 3. The Morgan fingerprint density at radius 1 is 1.50 bits per heavy atom. The van der Waals surface area contributed by atoms with E-state index < -0.39 is 10.9 Å². The van der Waals surface area contributed by atoms with E-state index in [2.05, 4.69) is 0 Å². The Kier molecular flexibility index (Phi) is 4.53. The third-order valence-electron chi connectivity index (χ3n) is 1.77. The minimum absolute atomic E-state index is 0.0733. The Bertz CT molecular complexity index is 203. The van der Waals surface area contributed by atoms with E-state index in [1.807, 2.05) is 20.8 Å². The van der Waals surface area contributed by atoms with Crippen molar-refractivity contribution in [3.63, 3.8) is 0 Å². The predicted octanol–water partition coefficient (Wildman–Crippen LogP) is 1.79. The Balaban J connectivity index is 4.24. The highest BCUT2D eigenvalue weighted by Gasteiger charge is 2.24. The van der Waals surface area contributed by atoms with E-state index in [9.17, 15) is 14.9 Å². The summed E-state index contributed by atoms with van der Waals surface area (Å²) in [6.07, 6.45) is 0.429. The minimum atomic E-state index is -0.971. The van der Waals surface area contributed by atoms with Gasteiger partial charge in [-0.15, -0.1) is 0 Å². The molecule has 1 N–H and O–H groups in total. The van der Waals surface area contributed by atoms with Crippen LogP contribution in [0.4, 0.5) is 0 Å². The third-order valence-corrected chi connectivity index (χ3v) is 1.77. The lowest BCUT2D eigenvalue weighted by Crippen LogP contribution is -2.23. The van der Waals surface area contributed by atoms with E-state index in [1.165, 1.54) is 0 Å². The van der Waals surface area contributed by atoms with Gasteiger partial charge in [0.1, 0.15) is 0 Å². The third kappa shape index (κ3) is 7.52. The number of aliphatic carboxylic acids is 1. The molecule has 0 aliphatic rings. The molecule has 0 unspecified atom stereocenters. The number of nitro groups is 1. The lowest BCUT2D eigenvalue weighted by Gasteiger charge is -2.22. The van der Waals surface area contributed by atoms with Gasteiger partial charge in [0, 0.05) is 10.8 Å². The number of carboxylic acid groups (broad SMARTS) is 1. The number of hydrogen-bond donors (Lipinski definition) is 1. The summed E-state index contributed by atoms with van der Waals surface area (Å²) >= 11 is 0. The molecule has 0 aliphatic carbocycles. The smallest absolute Gasteiger partial charge is 0.303 e. The number of rotatable bonds is 5. The van der Waals surface area contributed by atoms with E-state index in [4.69, 9.17) is 5.11 Å². The average Bonchev–Trinajstić information content (AvgIpc) is 1.77. The van der Waals surface area contributed by atoms with Crippen LogP contribution in [-0.2, 0) is 4.79 Å². The topological polar surface area (TPSA) is 80.4 Å². The van der Waals surface area contributed by atoms with Crippen molar-refractivity contribution in [3.05, 3.63) is 10.1 Å². The molecule has 0 aliphatic heterocycles. The summed E-state index contributed by atoms with van der Waals surface area (Å²) in [5, 5.41) is 18.9. The van der Waals surface area contributed by atoms with Crippen LogP contribution in [0.5, 0.6) is 0 Å². The zero-order chi connectivity index (χ0) is 11.4. The van der Waals surface area contributed by atoms with Gasteiger partial charge in [0.25, 0.3) is 0 Å². The molecule has 0 amide bonds. The van der Waals surface area contributed by atoms with Crippen molar-refractivity contribution in [2.75, 3.05) is 6.54 Å². The van der Waals surface area contributed by atoms with Gasteiger partial charge < -0.3 is 5.11 Å². The highest BCUT2D eigenvalue weighted by molar-refractivity contribution is 5.67. The van der Waals surface area contributed by atoms with Crippen LogP contribution in [0.2, 0.25) is 0 Å². The molecular formula is C9H17NO4. The first-order valence-corrected chi connectivity index (χ1v) is 4.54. The van der Waals surface area contributed by atoms with Crippen LogP contribution in [-0.4, -0.2) is 22.5 Å². The zero-order valence-electron chi connectivity index (χ0n) is 8.82. The van der Waals surface area contributed by atoms with Gasteiger partial charge in [-0.1, -0.05) is 20.8 Å². The molecule has 0 aromatic rings. The molecule has 0 bridgehead atoms. The molecule has 82 valence electrons. The summed E-state index contributed by atoms with van der Waals surface area (Å²) in [6.45, 7) is 5.58. The summed E-state index contributed by atoms with van der Waals surface area (Å²) in [6, 6.07) is 0. The van der Waals surface area contributed by atoms with Gasteiger partial charge in [0.15, 0.2) is 0 Å². The number of carboxylic acids is 1. The van der Waals surface area contributed by atoms with Gasteiger partial charge >= 0.3 is 5.97 Å². The second-order valence-electron chi connectivity index (χ2n) is 4.74. The molecule has 0 fully saturated rings. The summed E-state index contributed by atoms with van der Waals surface area (Å²) in [4.78, 5) is 20.3. The quantitative estimate of drug-likeness (QED) is 0.545. The second-order valence-corrected chi connectivity index (χ2v) is 4.74. The van der Waals surface area contributed by atoms with Crippen LogP contribution < -0.4 is 0 Å². The van der Waals surface area contributed by atoms with Crippen LogP contribution in [0, 0.1) is 21.4 Å². The highest BCUT2D eigenvalue weighted by Crippen LogP contribution is 2.26. The maximum Gasteiger partial charge on any atom is 0.303 e. The lowest BCUT2D eigenvalue weighted by molar-refractivity contribution is -0.488. The summed E-state index contributed by atoms with van der Waals surface area (Å²) in [7, 11) is 0. The fraction of sp³-hybridized carbons (Fsp3) is 0.889. The first kappa shape index (κ1) is 12.9. The van der Waals surface area contributed by atoms with Gasteiger partial charge in [0.2, 0.25) is 6.54 Å². The fourth-order valence-corrected chi connectivity index (χ4v) is 1.53. The SMILES string of the molecule is CC(C)(C)C[C@@H](CC(=O)O)C[N+](=O)[O-]. The highest BCUT2D eigenvalue weighted by atomic mass is 16.6. The van der Waals surface area contributed by atoms with Crippen LogP contribution in [0.15, 0.2) is 0 Å². The van der Waals surface area contributed by atoms with Gasteiger partial charge in [0.05, 0.1) is 6.42 Å². The monoisotopic (exact) mass is 203 g/mol. The van der Waals surface area contributed by atoms with Crippen LogP contribution in [0.25, 0.3) is 0 Å². The van der Waals surface area contributed by atoms with Gasteiger partial charge in [-0.25, -0.2) is 0 Å². The van der Waals surface area contributed by atoms with Crippen molar-refractivity contribution >= 4 is 5.97 Å². The molecule has 0 aromatic heterocycles. The van der Waals surface area contributed by atoms with E-state index in [1.54, 1.807) is 0 Å². The van der Waals surface area contributed by atoms with Gasteiger partial charge in [-0.2, -0.15) is 0 Å². The molecule has 0 spiro atoms. The Morgan fingerprint density at radius 2 is 2.00 bits per heavy atom. The summed E-state index contributed by atoms with van der Waals surface area (Å²) in [5.74, 6) is -1.34. The summed E-state index contributed by atoms with van der Waals surface area (Å²) < 4.78 is 0. The summed E-state index contributed by atoms with van der Waals surface area (Å²) in [5.41, 5.74) is -0.0733. The first-order chi connectivity index (χ1) is 6.20. The van der Waals surface area contributed by atoms with E-state index in [0.29, 0.717) is 6.42 Å². The molecule has 0 heterocycles. The molecule has 0 saturated heterocycles. The van der Waals surface area contributed by atoms with Crippen molar-refractivity contribution in [2.24, 2.45) is 11.3 Å². The largest absolute Gasteiger partial charge is 0.481 e. The van der Waals surface area contributed by atoms with Crippen molar-refractivity contribution < 1.29 is 14.8 Å². The van der Waals surface area contributed by atoms with E-state index in [0.717, 1.165) is 0 Å². The van der Waals surface area contributed by atoms with Crippen molar-refractivity contribution in [2.45, 2.75) is 33.6 Å². The molecule has 0 rings (SSSR count). The average molecular weight is 203 g/mol. The van der Waals surface area contributed by atoms with Crippen molar-refractivity contribution in [1.29, 1.82) is 0 Å². The standard InChI is InChI=1S/C9H17NO4/c1-9(2,3)5-7(4-8(11)12)6-10(13)14/h7H,4-6H2,1-3H3,(H,11,12)/t7-/m1/s1. The van der Waals surface area contributed by atoms with Crippen molar-refractivity contribution in [3.8, 4) is 0 Å². The Hall–Kier alpha value is -1.13. The number of nitrogens with zero attached hydrogens (tertiary/aromatic N) is 1. The normalized spacial score (nSPS) is 13.6. The maximum atomic E-state index is 10.5. The Morgan fingerprint density at radius 3 is 2.29 bits per heavy atom. The van der Waals surface area contributed by atoms with Crippen LogP contribution in [0.3, 0.4) is 0 Å². The molecule has 0 saturated carbocycles. The molecular weight excluding hydrogens is 186 g/mol. The van der Waals surface area contributed by atoms with Crippen molar-refractivity contribution in [1.82, 2.24) is 0 Å². The molecule has 1 atom stereocenters. The van der Waals surface area contributed by atoms with Gasteiger partial charge in [-0.3, -0.25) is 14.9 Å². The lowest BCUT2D eigenvalue weighted by atomic mass is 9.83. The molecule has 0 radical (unpaired) electrons. The second kappa shape index (κ2) is 4.93. The maximum absolute atomic E-state index is 10.5. The van der Waals surface area contributed by atoms with E-state index in [-0.39, 0.29) is 24.3 Å². The Labute approximate surface area is 83.3 Å². The minimum Gasteiger partial charge on any atom is -0.481 e. The van der Waals surface area contributed by atoms with E-state index >= 15 is 0 Å². The fourth-order valence-electron chi connectivity index (χ4n) is 1.53. The zero-order valence-corrected chi connectivity index (χ0v) is 8.82. The predicted molar refractivity (Wildman–Crippen MR) is 51.7 cm³/mol. The molecule has 5 nitrogen and oxygen atoms in total. The first-order valence-electron chi connectivity index (χ1n) is 4.54. The van der Waals surface area contributed by atoms with Crippen LogP contribution in [0.1, 0.15) is 33.6 Å². The number of carbonyl (C=O) groups is 1. The molecule has 5 heteroatoms. The molecule has 0 aromatic carbocycles. The van der Waals surface area contributed by atoms with Gasteiger partial charge in [-0.05, 0) is 11.8 Å².